The fourth-order valence-corrected chi connectivity index (χ4v) is 3.62. The number of benzene rings is 3. The van der Waals surface area contributed by atoms with E-state index in [9.17, 15) is 9.59 Å². The lowest BCUT2D eigenvalue weighted by molar-refractivity contribution is -0.150. The molecule has 180 valence electrons. The predicted molar refractivity (Wildman–Crippen MR) is 139 cm³/mol. The fraction of sp³-hybridized carbons (Fsp3) is 0.233. The Balaban J connectivity index is 1.54. The monoisotopic (exact) mass is 469 g/mol. The lowest BCUT2D eigenvalue weighted by Gasteiger charge is -2.16. The van der Waals surface area contributed by atoms with E-state index in [2.05, 4.69) is 11.7 Å². The molecule has 0 heterocycles. The summed E-state index contributed by atoms with van der Waals surface area (Å²) in [6, 6.07) is 26.6. The van der Waals surface area contributed by atoms with Gasteiger partial charge in [0, 0.05) is 0 Å². The first kappa shape index (κ1) is 25.6. The molecule has 5 heteroatoms. The SMILES string of the molecule is C=C(c1ccccc1)c1ccc(OC(=O)C(C)CC(CC)C(=O)ON=C(C)c2ccccc2)cc1. The van der Waals surface area contributed by atoms with Crippen molar-refractivity contribution in [1.29, 1.82) is 0 Å². The first-order valence-electron chi connectivity index (χ1n) is 11.8. The van der Waals surface area contributed by atoms with Gasteiger partial charge in [-0.05, 0) is 54.2 Å². The molecule has 3 rings (SSSR count). The van der Waals surface area contributed by atoms with Gasteiger partial charge in [-0.1, -0.05) is 98.4 Å². The van der Waals surface area contributed by atoms with Gasteiger partial charge in [0.1, 0.15) is 5.75 Å². The molecule has 0 saturated heterocycles. The van der Waals surface area contributed by atoms with E-state index < -0.39 is 23.8 Å². The van der Waals surface area contributed by atoms with Gasteiger partial charge in [-0.3, -0.25) is 4.79 Å². The Hall–Kier alpha value is -3.99. The topological polar surface area (TPSA) is 65.0 Å². The number of carbonyl (C=O) groups excluding carboxylic acids is 2. The van der Waals surface area contributed by atoms with Gasteiger partial charge in [0.15, 0.2) is 0 Å². The molecule has 0 N–H and O–H groups in total. The molecule has 35 heavy (non-hydrogen) atoms. The lowest BCUT2D eigenvalue weighted by atomic mass is 9.94. The molecule has 2 unspecified atom stereocenters. The largest absolute Gasteiger partial charge is 0.426 e. The standard InChI is InChI=1S/C30H31NO4/c1-5-24(30(33)35-31-23(4)27-14-10-7-11-15-27)20-21(2)29(32)34-28-18-16-26(17-19-28)22(3)25-12-8-6-9-13-25/h6-19,21,24H,3,5,20H2,1-2,4H3. The Morgan fingerprint density at radius 2 is 1.37 bits per heavy atom. The zero-order chi connectivity index (χ0) is 25.2. The molecule has 5 nitrogen and oxygen atoms in total. The minimum Gasteiger partial charge on any atom is -0.426 e. The summed E-state index contributed by atoms with van der Waals surface area (Å²) >= 11 is 0. The van der Waals surface area contributed by atoms with Crippen molar-refractivity contribution >= 4 is 23.2 Å². The molecule has 0 bridgehead atoms. The van der Waals surface area contributed by atoms with Crippen molar-refractivity contribution < 1.29 is 19.2 Å². The molecule has 3 aromatic rings. The van der Waals surface area contributed by atoms with E-state index in [0.717, 1.165) is 22.3 Å². The number of rotatable bonds is 10. The zero-order valence-corrected chi connectivity index (χ0v) is 20.4. The van der Waals surface area contributed by atoms with E-state index in [4.69, 9.17) is 9.57 Å². The second-order valence-corrected chi connectivity index (χ2v) is 8.49. The highest BCUT2D eigenvalue weighted by Crippen LogP contribution is 2.25. The Morgan fingerprint density at radius 3 is 1.94 bits per heavy atom. The second kappa shape index (κ2) is 12.5. The molecule has 0 aliphatic heterocycles. The molecule has 0 aliphatic carbocycles. The van der Waals surface area contributed by atoms with Gasteiger partial charge in [0.25, 0.3) is 0 Å². The van der Waals surface area contributed by atoms with E-state index in [1.165, 1.54) is 0 Å². The van der Waals surface area contributed by atoms with Crippen LogP contribution in [0.5, 0.6) is 5.75 Å². The van der Waals surface area contributed by atoms with E-state index in [0.29, 0.717) is 24.3 Å². The molecule has 0 amide bonds. The summed E-state index contributed by atoms with van der Waals surface area (Å²) in [5, 5.41) is 3.97. The van der Waals surface area contributed by atoms with Gasteiger partial charge in [-0.15, -0.1) is 0 Å². The van der Waals surface area contributed by atoms with E-state index in [1.54, 1.807) is 26.0 Å². The molecule has 3 aromatic carbocycles. The summed E-state index contributed by atoms with van der Waals surface area (Å²) in [7, 11) is 0. The number of hydrogen-bond acceptors (Lipinski definition) is 5. The van der Waals surface area contributed by atoms with Gasteiger partial charge in [-0.2, -0.15) is 0 Å². The van der Waals surface area contributed by atoms with Crippen LogP contribution in [-0.4, -0.2) is 17.7 Å². The molecule has 0 spiro atoms. The number of hydrogen-bond donors (Lipinski definition) is 0. The number of oxime groups is 1. The van der Waals surface area contributed by atoms with Crippen LogP contribution in [0.15, 0.2) is 96.7 Å². The maximum absolute atomic E-state index is 12.7. The highest BCUT2D eigenvalue weighted by molar-refractivity contribution is 5.98. The van der Waals surface area contributed by atoms with Gasteiger partial charge in [0.2, 0.25) is 0 Å². The molecule has 2 atom stereocenters. The highest BCUT2D eigenvalue weighted by Gasteiger charge is 2.26. The Morgan fingerprint density at radius 1 is 0.829 bits per heavy atom. The van der Waals surface area contributed by atoms with Crippen molar-refractivity contribution in [1.82, 2.24) is 0 Å². The maximum atomic E-state index is 12.7. The number of nitrogens with zero attached hydrogens (tertiary/aromatic N) is 1. The molecule has 0 saturated carbocycles. The summed E-state index contributed by atoms with van der Waals surface area (Å²) < 4.78 is 5.55. The summed E-state index contributed by atoms with van der Waals surface area (Å²) in [5.74, 6) is -1.33. The van der Waals surface area contributed by atoms with Crippen molar-refractivity contribution in [2.45, 2.75) is 33.6 Å². The summed E-state index contributed by atoms with van der Waals surface area (Å²) in [6.07, 6.45) is 0.851. The van der Waals surface area contributed by atoms with Crippen LogP contribution in [-0.2, 0) is 14.4 Å². The normalized spacial score (nSPS) is 12.9. The first-order chi connectivity index (χ1) is 16.9. The number of esters is 1. The van der Waals surface area contributed by atoms with E-state index >= 15 is 0 Å². The third kappa shape index (κ3) is 7.24. The number of ether oxygens (including phenoxy) is 1. The lowest BCUT2D eigenvalue weighted by Crippen LogP contribution is -2.25. The van der Waals surface area contributed by atoms with Gasteiger partial charge >= 0.3 is 11.9 Å². The molecular formula is C30H31NO4. The number of carbonyl (C=O) groups is 2. The van der Waals surface area contributed by atoms with Crippen LogP contribution < -0.4 is 4.74 Å². The third-order valence-electron chi connectivity index (χ3n) is 5.87. The van der Waals surface area contributed by atoms with Gasteiger partial charge in [-0.25, -0.2) is 4.79 Å². The average Bonchev–Trinajstić information content (AvgIpc) is 2.91. The molecule has 0 aliphatic rings. The third-order valence-corrected chi connectivity index (χ3v) is 5.87. The van der Waals surface area contributed by atoms with Crippen molar-refractivity contribution in [2.24, 2.45) is 17.0 Å². The van der Waals surface area contributed by atoms with Crippen molar-refractivity contribution in [2.75, 3.05) is 0 Å². The van der Waals surface area contributed by atoms with Crippen molar-refractivity contribution in [3.63, 3.8) is 0 Å². The van der Waals surface area contributed by atoms with Gasteiger partial charge in [0.05, 0.1) is 17.5 Å². The second-order valence-electron chi connectivity index (χ2n) is 8.49. The van der Waals surface area contributed by atoms with Crippen LogP contribution in [0, 0.1) is 11.8 Å². The Labute approximate surface area is 207 Å². The van der Waals surface area contributed by atoms with Crippen LogP contribution >= 0.6 is 0 Å². The van der Waals surface area contributed by atoms with Crippen molar-refractivity contribution in [3.05, 3.63) is 108 Å². The predicted octanol–water partition coefficient (Wildman–Crippen LogP) is 6.67. The molecule has 0 aromatic heterocycles. The van der Waals surface area contributed by atoms with Crippen LogP contribution in [0.1, 0.15) is 50.3 Å². The summed E-state index contributed by atoms with van der Waals surface area (Å²) in [6.45, 7) is 9.57. The van der Waals surface area contributed by atoms with Crippen LogP contribution in [0.2, 0.25) is 0 Å². The Bertz CT molecular complexity index is 1170. The minimum absolute atomic E-state index is 0.316. The van der Waals surface area contributed by atoms with E-state index in [1.807, 2.05) is 79.7 Å². The minimum atomic E-state index is -0.481. The smallest absolute Gasteiger partial charge is 0.338 e. The average molecular weight is 470 g/mol. The Kier molecular flexibility index (Phi) is 9.13. The maximum Gasteiger partial charge on any atom is 0.338 e. The molecular weight excluding hydrogens is 438 g/mol. The van der Waals surface area contributed by atoms with E-state index in [-0.39, 0.29) is 0 Å². The molecule has 0 radical (unpaired) electrons. The summed E-state index contributed by atoms with van der Waals surface area (Å²) in [4.78, 5) is 30.4. The highest BCUT2D eigenvalue weighted by atomic mass is 16.7. The summed E-state index contributed by atoms with van der Waals surface area (Å²) in [5.41, 5.74) is 4.37. The zero-order valence-electron chi connectivity index (χ0n) is 20.4. The molecule has 0 fully saturated rings. The first-order valence-corrected chi connectivity index (χ1v) is 11.8. The van der Waals surface area contributed by atoms with Gasteiger partial charge < -0.3 is 9.57 Å². The quantitative estimate of drug-likeness (QED) is 0.109. The van der Waals surface area contributed by atoms with Crippen molar-refractivity contribution in [3.8, 4) is 5.75 Å². The van der Waals surface area contributed by atoms with Crippen LogP contribution in [0.3, 0.4) is 0 Å². The van der Waals surface area contributed by atoms with Crippen LogP contribution in [0.4, 0.5) is 0 Å². The fourth-order valence-electron chi connectivity index (χ4n) is 3.62. The van der Waals surface area contributed by atoms with Crippen LogP contribution in [0.25, 0.3) is 5.57 Å².